The maximum atomic E-state index is 12.5. The Bertz CT molecular complexity index is 1050. The number of alkyl halides is 3. The lowest BCUT2D eigenvalue weighted by Crippen LogP contribution is -2.40. The number of nitrogens with two attached hydrogens (primary N) is 1. The molecule has 28 heavy (non-hydrogen) atoms. The summed E-state index contributed by atoms with van der Waals surface area (Å²) in [5, 5.41) is 0.976. The molecule has 2 aromatic heterocycles. The van der Waals surface area contributed by atoms with Crippen molar-refractivity contribution < 1.29 is 22.7 Å². The van der Waals surface area contributed by atoms with Crippen LogP contribution < -0.4 is 10.5 Å². The Hall–Kier alpha value is -3.23. The number of carbonyl (C=O) groups is 1. The van der Waals surface area contributed by atoms with Gasteiger partial charge in [-0.05, 0) is 41.8 Å². The summed E-state index contributed by atoms with van der Waals surface area (Å²) in [7, 11) is 0. The minimum absolute atomic E-state index is 0.276. The number of ether oxygens (including phenoxy) is 1. The number of pyridine rings is 1. The topological polar surface area (TPSA) is 73.4 Å². The molecule has 0 saturated heterocycles. The van der Waals surface area contributed by atoms with E-state index in [2.05, 4.69) is 9.72 Å². The zero-order chi connectivity index (χ0) is 19.9. The molecule has 1 aliphatic heterocycles. The lowest BCUT2D eigenvalue weighted by molar-refractivity contribution is -0.274. The molecule has 9 heteroatoms. The fourth-order valence-electron chi connectivity index (χ4n) is 3.64. The van der Waals surface area contributed by atoms with Gasteiger partial charge in [0.25, 0.3) is 0 Å². The molecule has 0 radical (unpaired) electrons. The number of aromatic nitrogens is 2. The number of fused-ring (bicyclic) bond motifs is 3. The minimum Gasteiger partial charge on any atom is -0.406 e. The molecule has 3 heterocycles. The zero-order valence-electron chi connectivity index (χ0n) is 14.7. The second kappa shape index (κ2) is 6.74. The van der Waals surface area contributed by atoms with Gasteiger partial charge < -0.3 is 19.9 Å². The van der Waals surface area contributed by atoms with Gasteiger partial charge in [0, 0.05) is 30.4 Å². The van der Waals surface area contributed by atoms with E-state index >= 15 is 0 Å². The second-order valence-corrected chi connectivity index (χ2v) is 6.59. The van der Waals surface area contributed by atoms with Gasteiger partial charge in [0.05, 0.1) is 6.54 Å². The molecule has 1 aliphatic rings. The summed E-state index contributed by atoms with van der Waals surface area (Å²) in [5.41, 5.74) is 8.77. The van der Waals surface area contributed by atoms with Crippen molar-refractivity contribution in [3.8, 4) is 5.75 Å². The molecule has 0 saturated carbocycles. The molecule has 6 nitrogen and oxygen atoms in total. The fraction of sp³-hybridized carbons (Fsp3) is 0.263. The Morgan fingerprint density at radius 3 is 2.82 bits per heavy atom. The van der Waals surface area contributed by atoms with Gasteiger partial charge in [0.2, 0.25) is 0 Å². The Balaban J connectivity index is 1.74. The zero-order valence-corrected chi connectivity index (χ0v) is 14.7. The summed E-state index contributed by atoms with van der Waals surface area (Å²) in [6.07, 6.45) is -2.44. The molecule has 2 amide bonds. The molecule has 0 unspecified atom stereocenters. The third-order valence-corrected chi connectivity index (χ3v) is 4.80. The molecule has 0 fully saturated rings. The van der Waals surface area contributed by atoms with Crippen molar-refractivity contribution in [3.63, 3.8) is 0 Å². The Kier molecular flexibility index (Phi) is 4.37. The van der Waals surface area contributed by atoms with Gasteiger partial charge in [-0.1, -0.05) is 12.1 Å². The van der Waals surface area contributed by atoms with Crippen LogP contribution in [0, 0.1) is 0 Å². The Morgan fingerprint density at radius 2 is 2.07 bits per heavy atom. The number of hydrogen-bond donors (Lipinski definition) is 1. The SMILES string of the molecule is NC(=O)N1CCc2c(n(Cc3cccc(OC(F)(F)F)c3)c3ncccc23)C1. The number of halogens is 3. The quantitative estimate of drug-likeness (QED) is 0.745. The van der Waals surface area contributed by atoms with Gasteiger partial charge in [-0.3, -0.25) is 0 Å². The van der Waals surface area contributed by atoms with Gasteiger partial charge in [0.1, 0.15) is 11.4 Å². The Labute approximate surface area is 158 Å². The second-order valence-electron chi connectivity index (χ2n) is 6.59. The first-order valence-electron chi connectivity index (χ1n) is 8.66. The van der Waals surface area contributed by atoms with Crippen molar-refractivity contribution in [3.05, 3.63) is 59.4 Å². The number of benzene rings is 1. The number of primary amides is 1. The molecule has 4 rings (SSSR count). The highest BCUT2D eigenvalue weighted by atomic mass is 19.4. The predicted octanol–water partition coefficient (Wildman–Crippen LogP) is 3.42. The van der Waals surface area contributed by atoms with Crippen molar-refractivity contribution >= 4 is 17.1 Å². The number of hydrogen-bond acceptors (Lipinski definition) is 3. The molecule has 2 N–H and O–H groups in total. The monoisotopic (exact) mass is 390 g/mol. The van der Waals surface area contributed by atoms with Crippen molar-refractivity contribution in [1.82, 2.24) is 14.5 Å². The van der Waals surface area contributed by atoms with E-state index in [9.17, 15) is 18.0 Å². The van der Waals surface area contributed by atoms with Crippen LogP contribution in [-0.2, 0) is 19.5 Å². The van der Waals surface area contributed by atoms with Gasteiger partial charge in [0.15, 0.2) is 0 Å². The molecular weight excluding hydrogens is 373 g/mol. The highest BCUT2D eigenvalue weighted by Crippen LogP contribution is 2.31. The number of amides is 2. The summed E-state index contributed by atoms with van der Waals surface area (Å²) in [6.45, 7) is 1.15. The van der Waals surface area contributed by atoms with Crippen molar-refractivity contribution in [2.24, 2.45) is 5.73 Å². The van der Waals surface area contributed by atoms with Crippen LogP contribution in [-0.4, -0.2) is 33.4 Å². The van der Waals surface area contributed by atoms with Crippen molar-refractivity contribution in [1.29, 1.82) is 0 Å². The van der Waals surface area contributed by atoms with E-state index in [1.165, 1.54) is 18.2 Å². The van der Waals surface area contributed by atoms with Gasteiger partial charge in [-0.25, -0.2) is 9.78 Å². The van der Waals surface area contributed by atoms with Crippen molar-refractivity contribution in [2.75, 3.05) is 6.54 Å². The van der Waals surface area contributed by atoms with E-state index in [1.807, 2.05) is 16.7 Å². The number of nitrogens with zero attached hydrogens (tertiary/aromatic N) is 3. The van der Waals surface area contributed by atoms with Crippen LogP contribution in [0.2, 0.25) is 0 Å². The van der Waals surface area contributed by atoms with Crippen LogP contribution in [0.5, 0.6) is 5.75 Å². The third kappa shape index (κ3) is 3.47. The highest BCUT2D eigenvalue weighted by molar-refractivity contribution is 5.83. The summed E-state index contributed by atoms with van der Waals surface area (Å²) < 4.78 is 43.5. The fourth-order valence-corrected chi connectivity index (χ4v) is 3.64. The van der Waals surface area contributed by atoms with Crippen LogP contribution in [0.25, 0.3) is 11.0 Å². The summed E-state index contributed by atoms with van der Waals surface area (Å²) >= 11 is 0. The summed E-state index contributed by atoms with van der Waals surface area (Å²) in [5.74, 6) is -0.276. The molecule has 146 valence electrons. The van der Waals surface area contributed by atoms with Crippen molar-refractivity contribution in [2.45, 2.75) is 25.9 Å². The third-order valence-electron chi connectivity index (χ3n) is 4.80. The van der Waals surface area contributed by atoms with Gasteiger partial charge in [-0.2, -0.15) is 0 Å². The maximum Gasteiger partial charge on any atom is 0.573 e. The summed E-state index contributed by atoms with van der Waals surface area (Å²) in [6, 6.07) is 9.13. The lowest BCUT2D eigenvalue weighted by atomic mass is 10.0. The van der Waals surface area contributed by atoms with E-state index in [0.29, 0.717) is 31.6 Å². The van der Waals surface area contributed by atoms with E-state index in [1.54, 1.807) is 17.2 Å². The van der Waals surface area contributed by atoms with Gasteiger partial charge in [-0.15, -0.1) is 13.2 Å². The van der Waals surface area contributed by atoms with E-state index in [4.69, 9.17) is 5.73 Å². The minimum atomic E-state index is -4.75. The first-order valence-corrected chi connectivity index (χ1v) is 8.66. The average Bonchev–Trinajstić information content (AvgIpc) is 2.94. The highest BCUT2D eigenvalue weighted by Gasteiger charge is 2.31. The Morgan fingerprint density at radius 1 is 1.25 bits per heavy atom. The smallest absolute Gasteiger partial charge is 0.406 e. The average molecular weight is 390 g/mol. The van der Waals surface area contributed by atoms with Crippen LogP contribution >= 0.6 is 0 Å². The largest absolute Gasteiger partial charge is 0.573 e. The molecule has 1 aromatic carbocycles. The number of rotatable bonds is 3. The predicted molar refractivity (Wildman–Crippen MR) is 95.7 cm³/mol. The standard InChI is InChI=1S/C19H17F3N4O2/c20-19(21,22)28-13-4-1-3-12(9-13)10-26-16-11-25(18(23)27)8-6-14(16)15-5-2-7-24-17(15)26/h1-5,7,9H,6,8,10-11H2,(H2,23,27). The molecule has 0 aliphatic carbocycles. The normalized spacial score (nSPS) is 14.2. The molecule has 0 spiro atoms. The maximum absolute atomic E-state index is 12.5. The van der Waals surface area contributed by atoms with Crippen LogP contribution in [0.15, 0.2) is 42.6 Å². The van der Waals surface area contributed by atoms with E-state index in [0.717, 1.165) is 22.3 Å². The first kappa shape index (κ1) is 18.1. The molecule has 3 aromatic rings. The van der Waals surface area contributed by atoms with Crippen LogP contribution in [0.1, 0.15) is 16.8 Å². The molecular formula is C19H17F3N4O2. The molecule has 0 bridgehead atoms. The van der Waals surface area contributed by atoms with Crippen LogP contribution in [0.3, 0.4) is 0 Å². The number of carbonyl (C=O) groups excluding carboxylic acids is 1. The summed E-state index contributed by atoms with van der Waals surface area (Å²) in [4.78, 5) is 17.6. The number of urea groups is 1. The lowest BCUT2D eigenvalue weighted by Gasteiger charge is -2.27. The van der Waals surface area contributed by atoms with Crippen LogP contribution in [0.4, 0.5) is 18.0 Å². The molecule has 0 atom stereocenters. The van der Waals surface area contributed by atoms with E-state index in [-0.39, 0.29) is 5.75 Å². The van der Waals surface area contributed by atoms with E-state index < -0.39 is 12.4 Å². The van der Waals surface area contributed by atoms with Gasteiger partial charge >= 0.3 is 12.4 Å². The first-order chi connectivity index (χ1) is 13.3.